The Morgan fingerprint density at radius 3 is 2.14 bits per heavy atom. The number of aromatic nitrogens is 1. The van der Waals surface area contributed by atoms with Crippen LogP contribution in [-0.4, -0.2) is 30.3 Å². The van der Waals surface area contributed by atoms with Crippen molar-refractivity contribution >= 4 is 27.5 Å². The molecular formula is C23H18N2O4. The zero-order chi connectivity index (χ0) is 20.8. The van der Waals surface area contributed by atoms with Gasteiger partial charge in [0, 0.05) is 11.6 Å². The highest BCUT2D eigenvalue weighted by Gasteiger charge is 2.09. The first-order chi connectivity index (χ1) is 14.1. The fraction of sp³-hybridized carbons (Fsp3) is 0.0870. The highest BCUT2D eigenvalue weighted by Crippen LogP contribution is 2.23. The van der Waals surface area contributed by atoms with Crippen molar-refractivity contribution in [2.45, 2.75) is 0 Å². The molecule has 0 aliphatic heterocycles. The van der Waals surface area contributed by atoms with Gasteiger partial charge in [0.1, 0.15) is 11.5 Å². The molecule has 144 valence electrons. The van der Waals surface area contributed by atoms with Crippen LogP contribution in [0.5, 0.6) is 11.5 Å². The van der Waals surface area contributed by atoms with Gasteiger partial charge in [-0.15, -0.1) is 0 Å². The Kier molecular flexibility index (Phi) is 5.91. The molecule has 1 heterocycles. The summed E-state index contributed by atoms with van der Waals surface area (Å²) in [6.07, 6.45) is 1.48. The van der Waals surface area contributed by atoms with Crippen molar-refractivity contribution in [2.75, 3.05) is 14.2 Å². The van der Waals surface area contributed by atoms with E-state index < -0.39 is 5.97 Å². The number of benzene rings is 3. The SMILES string of the molecule is COc1ccc2c(C#N)cccc2c1.COc1ccc2c(C(=O)O)nccc2c1. The third-order valence-corrected chi connectivity index (χ3v) is 4.38. The zero-order valence-electron chi connectivity index (χ0n) is 15.9. The van der Waals surface area contributed by atoms with Crippen molar-refractivity contribution in [3.8, 4) is 17.6 Å². The third kappa shape index (κ3) is 4.25. The standard InChI is InChI=1S/C12H9NO.C11H9NO3/c1-14-11-5-6-12-9(7-11)3-2-4-10(12)8-13;1-15-8-2-3-9-7(6-8)4-5-12-10(9)11(13)14/h2-7H,1H3;2-6H,1H3,(H,13,14). The molecule has 0 amide bonds. The number of carboxylic acids is 1. The number of nitriles is 1. The van der Waals surface area contributed by atoms with Crippen LogP contribution in [0, 0.1) is 11.3 Å². The van der Waals surface area contributed by atoms with Gasteiger partial charge in [-0.25, -0.2) is 9.78 Å². The molecule has 0 aliphatic rings. The van der Waals surface area contributed by atoms with E-state index in [1.54, 1.807) is 38.5 Å². The minimum atomic E-state index is -1.02. The summed E-state index contributed by atoms with van der Waals surface area (Å²) in [6, 6.07) is 20.5. The van der Waals surface area contributed by atoms with E-state index in [1.165, 1.54) is 6.20 Å². The number of nitrogens with zero attached hydrogens (tertiary/aromatic N) is 2. The molecule has 4 aromatic rings. The molecule has 0 radical (unpaired) electrons. The number of methoxy groups -OCH3 is 2. The Hall–Kier alpha value is -4.11. The van der Waals surface area contributed by atoms with E-state index in [0.29, 0.717) is 16.7 Å². The Morgan fingerprint density at radius 1 is 0.931 bits per heavy atom. The van der Waals surface area contributed by atoms with E-state index in [9.17, 15) is 4.79 Å². The van der Waals surface area contributed by atoms with E-state index >= 15 is 0 Å². The van der Waals surface area contributed by atoms with Gasteiger partial charge >= 0.3 is 5.97 Å². The van der Waals surface area contributed by atoms with Gasteiger partial charge in [0.15, 0.2) is 5.69 Å². The molecule has 29 heavy (non-hydrogen) atoms. The van der Waals surface area contributed by atoms with E-state index in [4.69, 9.17) is 19.8 Å². The maximum Gasteiger partial charge on any atom is 0.355 e. The van der Waals surface area contributed by atoms with Gasteiger partial charge in [-0.3, -0.25) is 0 Å². The number of rotatable bonds is 3. The van der Waals surface area contributed by atoms with Gasteiger partial charge in [0.25, 0.3) is 0 Å². The molecule has 0 spiro atoms. The quantitative estimate of drug-likeness (QED) is 0.550. The second kappa shape index (κ2) is 8.72. The van der Waals surface area contributed by atoms with Crippen molar-refractivity contribution in [1.29, 1.82) is 5.26 Å². The summed E-state index contributed by atoms with van der Waals surface area (Å²) in [5.74, 6) is 0.489. The molecule has 4 rings (SSSR count). The highest BCUT2D eigenvalue weighted by atomic mass is 16.5. The van der Waals surface area contributed by atoms with Gasteiger partial charge in [0.05, 0.1) is 25.9 Å². The number of carbonyl (C=O) groups is 1. The van der Waals surface area contributed by atoms with Crippen molar-refractivity contribution in [1.82, 2.24) is 4.98 Å². The Labute approximate surface area is 167 Å². The van der Waals surface area contributed by atoms with Crippen LogP contribution in [0.2, 0.25) is 0 Å². The number of fused-ring (bicyclic) bond motifs is 2. The molecule has 3 aromatic carbocycles. The molecule has 0 bridgehead atoms. The fourth-order valence-electron chi connectivity index (χ4n) is 2.94. The first-order valence-corrected chi connectivity index (χ1v) is 8.70. The molecule has 0 fully saturated rings. The molecule has 1 aromatic heterocycles. The summed E-state index contributed by atoms with van der Waals surface area (Å²) in [7, 11) is 3.20. The smallest absolute Gasteiger partial charge is 0.355 e. The molecule has 0 atom stereocenters. The monoisotopic (exact) mass is 386 g/mol. The third-order valence-electron chi connectivity index (χ3n) is 4.38. The topological polar surface area (TPSA) is 92.4 Å². The molecule has 0 aliphatic carbocycles. The number of hydrogen-bond acceptors (Lipinski definition) is 5. The van der Waals surface area contributed by atoms with Gasteiger partial charge in [-0.1, -0.05) is 12.1 Å². The summed E-state index contributed by atoms with van der Waals surface area (Å²) < 4.78 is 10.2. The minimum absolute atomic E-state index is 0.0650. The van der Waals surface area contributed by atoms with E-state index in [1.807, 2.05) is 36.4 Å². The molecule has 0 unspecified atom stereocenters. The number of ether oxygens (including phenoxy) is 2. The van der Waals surface area contributed by atoms with E-state index in [-0.39, 0.29) is 5.69 Å². The van der Waals surface area contributed by atoms with E-state index in [0.717, 1.165) is 21.9 Å². The molecule has 1 N–H and O–H groups in total. The Balaban J connectivity index is 0.000000166. The summed E-state index contributed by atoms with van der Waals surface area (Å²) in [5.41, 5.74) is 0.764. The minimum Gasteiger partial charge on any atom is -0.497 e. The second-order valence-corrected chi connectivity index (χ2v) is 6.06. The number of hydrogen-bond donors (Lipinski definition) is 1. The van der Waals surface area contributed by atoms with Crippen molar-refractivity contribution in [3.63, 3.8) is 0 Å². The second-order valence-electron chi connectivity index (χ2n) is 6.06. The Morgan fingerprint density at radius 2 is 1.55 bits per heavy atom. The van der Waals surface area contributed by atoms with E-state index in [2.05, 4.69) is 11.1 Å². The molecule has 6 nitrogen and oxygen atoms in total. The highest BCUT2D eigenvalue weighted by molar-refractivity contribution is 6.01. The van der Waals surface area contributed by atoms with Crippen LogP contribution < -0.4 is 9.47 Å². The lowest BCUT2D eigenvalue weighted by atomic mass is 10.1. The first kappa shape index (κ1) is 19.6. The fourth-order valence-corrected chi connectivity index (χ4v) is 2.94. The van der Waals surface area contributed by atoms with Crippen LogP contribution in [-0.2, 0) is 0 Å². The van der Waals surface area contributed by atoms with Crippen molar-refractivity contribution < 1.29 is 19.4 Å². The Bertz CT molecular complexity index is 1230. The van der Waals surface area contributed by atoms with Gasteiger partial charge in [-0.2, -0.15) is 5.26 Å². The summed E-state index contributed by atoms with van der Waals surface area (Å²) >= 11 is 0. The van der Waals surface area contributed by atoms with Gasteiger partial charge in [0.2, 0.25) is 0 Å². The molecular weight excluding hydrogens is 368 g/mol. The zero-order valence-corrected chi connectivity index (χ0v) is 15.9. The largest absolute Gasteiger partial charge is 0.497 e. The number of aromatic carboxylic acids is 1. The van der Waals surface area contributed by atoms with Gasteiger partial charge < -0.3 is 14.6 Å². The summed E-state index contributed by atoms with van der Waals surface area (Å²) in [6.45, 7) is 0. The van der Waals surface area contributed by atoms with Crippen LogP contribution in [0.25, 0.3) is 21.5 Å². The molecule has 0 saturated heterocycles. The lowest BCUT2D eigenvalue weighted by Gasteiger charge is -2.03. The molecule has 0 saturated carbocycles. The first-order valence-electron chi connectivity index (χ1n) is 8.70. The normalized spacial score (nSPS) is 9.97. The average Bonchev–Trinajstić information content (AvgIpc) is 2.77. The summed E-state index contributed by atoms with van der Waals surface area (Å²) in [5, 5.41) is 21.2. The van der Waals surface area contributed by atoms with Crippen molar-refractivity contribution in [3.05, 3.63) is 78.1 Å². The maximum atomic E-state index is 10.9. The number of carboxylic acid groups (broad SMARTS) is 1. The van der Waals surface area contributed by atoms with Crippen molar-refractivity contribution in [2.24, 2.45) is 0 Å². The molecule has 6 heteroatoms. The van der Waals surface area contributed by atoms with Crippen LogP contribution >= 0.6 is 0 Å². The predicted octanol–water partition coefficient (Wildman–Crippen LogP) is 4.66. The van der Waals surface area contributed by atoms with Crippen LogP contribution in [0.3, 0.4) is 0 Å². The lowest BCUT2D eigenvalue weighted by molar-refractivity contribution is 0.0693. The number of pyridine rings is 1. The lowest BCUT2D eigenvalue weighted by Crippen LogP contribution is -2.00. The van der Waals surface area contributed by atoms with Crippen LogP contribution in [0.1, 0.15) is 16.1 Å². The summed E-state index contributed by atoms with van der Waals surface area (Å²) in [4.78, 5) is 14.7. The van der Waals surface area contributed by atoms with Gasteiger partial charge in [-0.05, 0) is 64.7 Å². The van der Waals surface area contributed by atoms with Crippen LogP contribution in [0.15, 0.2) is 66.9 Å². The van der Waals surface area contributed by atoms with Crippen LogP contribution in [0.4, 0.5) is 0 Å². The maximum absolute atomic E-state index is 10.9. The predicted molar refractivity (Wildman–Crippen MR) is 110 cm³/mol. The average molecular weight is 386 g/mol.